The fourth-order valence-electron chi connectivity index (χ4n) is 2.37. The van der Waals surface area contributed by atoms with Crippen molar-refractivity contribution in [1.29, 1.82) is 0 Å². The summed E-state index contributed by atoms with van der Waals surface area (Å²) in [6.07, 6.45) is 0.247. The lowest BCUT2D eigenvalue weighted by Crippen LogP contribution is -2.32. The van der Waals surface area contributed by atoms with Gasteiger partial charge in [0.1, 0.15) is 5.75 Å². The van der Waals surface area contributed by atoms with Gasteiger partial charge in [-0.2, -0.15) is 0 Å². The minimum atomic E-state index is -0.228. The van der Waals surface area contributed by atoms with E-state index in [2.05, 4.69) is 10.6 Å². The first-order valence-corrected chi connectivity index (χ1v) is 9.00. The lowest BCUT2D eigenvalue weighted by molar-refractivity contribution is -0.119. The largest absolute Gasteiger partial charge is 0.495 e. The number of nitrogens with one attached hydrogen (secondary N) is 2. The van der Waals surface area contributed by atoms with E-state index in [1.165, 1.54) is 7.11 Å². The summed E-state index contributed by atoms with van der Waals surface area (Å²) in [5.41, 5.74) is 1.14. The Morgan fingerprint density at radius 3 is 2.48 bits per heavy atom. The van der Waals surface area contributed by atoms with Crippen LogP contribution in [0, 0.1) is 0 Å². The van der Waals surface area contributed by atoms with E-state index in [9.17, 15) is 9.59 Å². The van der Waals surface area contributed by atoms with E-state index in [0.29, 0.717) is 33.7 Å². The highest BCUT2D eigenvalue weighted by Crippen LogP contribution is 2.27. The Hall–Kier alpha value is -2.28. The van der Waals surface area contributed by atoms with Crippen LogP contribution in [0.4, 0.5) is 11.4 Å². The molecule has 0 saturated carbocycles. The molecule has 0 radical (unpaired) electrons. The maximum absolute atomic E-state index is 12.2. The third-order valence-corrected chi connectivity index (χ3v) is 4.15. The fraction of sp³-hybridized carbons (Fsp3) is 0.263. The highest BCUT2D eigenvalue weighted by molar-refractivity contribution is 6.31. The monoisotopic (exact) mass is 409 g/mol. The van der Waals surface area contributed by atoms with Crippen LogP contribution in [0.2, 0.25) is 10.0 Å². The Labute approximate surface area is 168 Å². The average molecular weight is 410 g/mol. The number of anilines is 2. The molecule has 0 aliphatic carbocycles. The fourth-order valence-corrected chi connectivity index (χ4v) is 2.74. The first-order valence-electron chi connectivity index (χ1n) is 8.24. The normalized spacial score (nSPS) is 10.6. The molecule has 0 atom stereocenters. The number of amides is 2. The summed E-state index contributed by atoms with van der Waals surface area (Å²) in [4.78, 5) is 26.0. The van der Waals surface area contributed by atoms with Gasteiger partial charge in [0, 0.05) is 28.7 Å². The van der Waals surface area contributed by atoms with Gasteiger partial charge in [0.05, 0.1) is 19.3 Å². The number of nitrogens with zero attached hydrogens (tertiary/aromatic N) is 1. The van der Waals surface area contributed by atoms with Gasteiger partial charge in [-0.05, 0) is 43.4 Å². The molecule has 2 aromatic carbocycles. The summed E-state index contributed by atoms with van der Waals surface area (Å²) in [7, 11) is 3.28. The topological polar surface area (TPSA) is 70.7 Å². The van der Waals surface area contributed by atoms with Gasteiger partial charge in [0.25, 0.3) is 0 Å². The van der Waals surface area contributed by atoms with Gasteiger partial charge in [0.2, 0.25) is 11.8 Å². The Morgan fingerprint density at radius 2 is 1.78 bits per heavy atom. The van der Waals surface area contributed by atoms with E-state index < -0.39 is 0 Å². The maximum Gasteiger partial charge on any atom is 0.238 e. The second kappa shape index (κ2) is 10.2. The molecule has 27 heavy (non-hydrogen) atoms. The second-order valence-corrected chi connectivity index (χ2v) is 6.81. The van der Waals surface area contributed by atoms with Crippen molar-refractivity contribution >= 4 is 46.4 Å². The zero-order valence-electron chi connectivity index (χ0n) is 15.1. The first-order chi connectivity index (χ1) is 12.9. The predicted octanol–water partition coefficient (Wildman–Crippen LogP) is 3.90. The molecule has 144 valence electrons. The summed E-state index contributed by atoms with van der Waals surface area (Å²) < 4.78 is 5.20. The van der Waals surface area contributed by atoms with Crippen LogP contribution >= 0.6 is 23.2 Å². The van der Waals surface area contributed by atoms with Crippen LogP contribution in [-0.2, 0) is 9.59 Å². The van der Waals surface area contributed by atoms with E-state index in [1.54, 1.807) is 54.4 Å². The lowest BCUT2D eigenvalue weighted by atomic mass is 10.3. The molecule has 0 unspecified atom stereocenters. The van der Waals surface area contributed by atoms with Crippen LogP contribution in [0.25, 0.3) is 0 Å². The molecule has 2 rings (SSSR count). The van der Waals surface area contributed by atoms with Crippen molar-refractivity contribution in [2.24, 2.45) is 0 Å². The molecular weight excluding hydrogens is 389 g/mol. The van der Waals surface area contributed by atoms with Crippen molar-refractivity contribution in [3.8, 4) is 5.75 Å². The zero-order chi connectivity index (χ0) is 19.8. The van der Waals surface area contributed by atoms with Gasteiger partial charge in [-0.25, -0.2) is 0 Å². The molecule has 0 fully saturated rings. The van der Waals surface area contributed by atoms with E-state index in [-0.39, 0.29) is 24.8 Å². The van der Waals surface area contributed by atoms with Crippen molar-refractivity contribution in [3.63, 3.8) is 0 Å². The molecular formula is C19H21Cl2N3O3. The molecule has 2 aromatic rings. The number of carbonyl (C=O) groups excluding carboxylic acids is 2. The van der Waals surface area contributed by atoms with Crippen LogP contribution in [0.15, 0.2) is 42.5 Å². The Morgan fingerprint density at radius 1 is 1.04 bits per heavy atom. The van der Waals surface area contributed by atoms with Crippen molar-refractivity contribution in [2.45, 2.75) is 6.42 Å². The van der Waals surface area contributed by atoms with Crippen molar-refractivity contribution < 1.29 is 14.3 Å². The number of carbonyl (C=O) groups is 2. The molecule has 0 bridgehead atoms. The standard InChI is InChI=1S/C19H21Cl2N3O3/c1-24(9-8-18(25)22-15-5-3-4-13(20)10-15)12-19(26)23-16-11-14(21)6-7-17(16)27-2/h3-7,10-11H,8-9,12H2,1-2H3,(H,22,25)(H,23,26). The van der Waals surface area contributed by atoms with E-state index in [4.69, 9.17) is 27.9 Å². The summed E-state index contributed by atoms with van der Waals surface area (Å²) in [5, 5.41) is 6.58. The van der Waals surface area contributed by atoms with Crippen molar-refractivity contribution in [1.82, 2.24) is 4.90 Å². The van der Waals surface area contributed by atoms with Gasteiger partial charge in [0.15, 0.2) is 0 Å². The molecule has 2 N–H and O–H groups in total. The Kier molecular flexibility index (Phi) is 7.91. The van der Waals surface area contributed by atoms with Gasteiger partial charge >= 0.3 is 0 Å². The van der Waals surface area contributed by atoms with Crippen LogP contribution in [0.5, 0.6) is 5.75 Å². The van der Waals surface area contributed by atoms with E-state index >= 15 is 0 Å². The SMILES string of the molecule is COc1ccc(Cl)cc1NC(=O)CN(C)CCC(=O)Nc1cccc(Cl)c1. The number of ether oxygens (including phenoxy) is 1. The third kappa shape index (κ3) is 7.09. The zero-order valence-corrected chi connectivity index (χ0v) is 16.6. The molecule has 0 heterocycles. The van der Waals surface area contributed by atoms with E-state index in [0.717, 1.165) is 0 Å². The first kappa shape index (κ1) is 21.0. The number of likely N-dealkylation sites (N-methyl/N-ethyl adjacent to an activating group) is 1. The van der Waals surface area contributed by atoms with Gasteiger partial charge in [-0.3, -0.25) is 14.5 Å². The maximum atomic E-state index is 12.2. The van der Waals surface area contributed by atoms with Gasteiger partial charge in [-0.15, -0.1) is 0 Å². The molecule has 8 heteroatoms. The summed E-state index contributed by atoms with van der Waals surface area (Å²) in [6.45, 7) is 0.548. The minimum absolute atomic E-state index is 0.125. The minimum Gasteiger partial charge on any atom is -0.495 e. The van der Waals surface area contributed by atoms with Crippen LogP contribution in [0.3, 0.4) is 0 Å². The highest BCUT2D eigenvalue weighted by atomic mass is 35.5. The average Bonchev–Trinajstić information content (AvgIpc) is 2.60. The third-order valence-electron chi connectivity index (χ3n) is 3.68. The molecule has 0 aromatic heterocycles. The number of benzene rings is 2. The van der Waals surface area contributed by atoms with Crippen molar-refractivity contribution in [2.75, 3.05) is 37.9 Å². The number of hydrogen-bond acceptors (Lipinski definition) is 4. The molecule has 6 nitrogen and oxygen atoms in total. The number of hydrogen-bond donors (Lipinski definition) is 2. The Bertz CT molecular complexity index is 815. The van der Waals surface area contributed by atoms with Crippen molar-refractivity contribution in [3.05, 3.63) is 52.5 Å². The van der Waals surface area contributed by atoms with Crippen LogP contribution < -0.4 is 15.4 Å². The summed E-state index contributed by atoms with van der Waals surface area (Å²) >= 11 is 11.8. The molecule has 0 saturated heterocycles. The molecule has 0 spiro atoms. The van der Waals surface area contributed by atoms with Crippen LogP contribution in [-0.4, -0.2) is 44.0 Å². The smallest absolute Gasteiger partial charge is 0.238 e. The quantitative estimate of drug-likeness (QED) is 0.693. The number of methoxy groups -OCH3 is 1. The van der Waals surface area contributed by atoms with Gasteiger partial charge < -0.3 is 15.4 Å². The number of halogens is 2. The van der Waals surface area contributed by atoms with Crippen LogP contribution in [0.1, 0.15) is 6.42 Å². The summed E-state index contributed by atoms with van der Waals surface area (Å²) in [6, 6.07) is 11.9. The molecule has 2 amide bonds. The summed E-state index contributed by atoms with van der Waals surface area (Å²) in [5.74, 6) is 0.144. The highest BCUT2D eigenvalue weighted by Gasteiger charge is 2.12. The Balaban J connectivity index is 1.79. The van der Waals surface area contributed by atoms with Gasteiger partial charge in [-0.1, -0.05) is 29.3 Å². The number of rotatable bonds is 8. The molecule has 0 aliphatic rings. The second-order valence-electron chi connectivity index (χ2n) is 5.94. The van der Waals surface area contributed by atoms with E-state index in [1.807, 2.05) is 0 Å². The molecule has 0 aliphatic heterocycles. The predicted molar refractivity (Wildman–Crippen MR) is 109 cm³/mol. The lowest BCUT2D eigenvalue weighted by Gasteiger charge is -2.17.